The molecular weight excluding hydrogens is 257 g/mol. The maximum Gasteiger partial charge on any atom is 0.140 e. The highest BCUT2D eigenvalue weighted by molar-refractivity contribution is 5.47. The maximum atomic E-state index is 13.4. The first-order valence-corrected chi connectivity index (χ1v) is 6.19. The highest BCUT2D eigenvalue weighted by Crippen LogP contribution is 2.24. The Labute approximate surface area is 117 Å². The smallest absolute Gasteiger partial charge is 0.140 e. The van der Waals surface area contributed by atoms with Gasteiger partial charge in [0.05, 0.1) is 19.3 Å². The lowest BCUT2D eigenvalue weighted by molar-refractivity contribution is 0.317. The fraction of sp³-hybridized carbons (Fsp3) is 0.188. The molecule has 0 saturated carbocycles. The molecule has 102 valence electrons. The van der Waals surface area contributed by atoms with Crippen LogP contribution in [0.5, 0.6) is 11.5 Å². The highest BCUT2D eigenvalue weighted by Gasteiger charge is 2.05. The van der Waals surface area contributed by atoms with Gasteiger partial charge in [0.2, 0.25) is 0 Å². The van der Waals surface area contributed by atoms with Crippen molar-refractivity contribution < 1.29 is 13.9 Å². The van der Waals surface area contributed by atoms with Crippen LogP contribution in [0.2, 0.25) is 0 Å². The van der Waals surface area contributed by atoms with Crippen LogP contribution in [0, 0.1) is 17.1 Å². The molecule has 0 aromatic heterocycles. The van der Waals surface area contributed by atoms with Crippen molar-refractivity contribution in [2.24, 2.45) is 0 Å². The van der Waals surface area contributed by atoms with E-state index in [1.807, 2.05) is 6.07 Å². The Morgan fingerprint density at radius 3 is 2.70 bits per heavy atom. The molecule has 0 saturated heterocycles. The fourth-order valence-corrected chi connectivity index (χ4v) is 1.83. The maximum absolute atomic E-state index is 13.4. The van der Waals surface area contributed by atoms with Crippen molar-refractivity contribution in [3.63, 3.8) is 0 Å². The first-order chi connectivity index (χ1) is 9.74. The van der Waals surface area contributed by atoms with E-state index in [-0.39, 0.29) is 5.82 Å². The molecule has 0 aliphatic carbocycles. The van der Waals surface area contributed by atoms with Gasteiger partial charge in [0.15, 0.2) is 0 Å². The van der Waals surface area contributed by atoms with Gasteiger partial charge in [-0.25, -0.2) is 4.39 Å². The third-order valence-electron chi connectivity index (χ3n) is 2.89. The van der Waals surface area contributed by atoms with Crippen LogP contribution in [0.25, 0.3) is 0 Å². The van der Waals surface area contributed by atoms with E-state index in [1.165, 1.54) is 13.2 Å². The summed E-state index contributed by atoms with van der Waals surface area (Å²) in [6.45, 7) is 0.357. The van der Waals surface area contributed by atoms with Gasteiger partial charge in [-0.3, -0.25) is 0 Å². The largest absolute Gasteiger partial charge is 0.495 e. The van der Waals surface area contributed by atoms with Crippen molar-refractivity contribution in [2.75, 3.05) is 13.7 Å². The van der Waals surface area contributed by atoms with Crippen LogP contribution < -0.4 is 9.47 Å². The summed E-state index contributed by atoms with van der Waals surface area (Å²) in [7, 11) is 1.50. The zero-order valence-corrected chi connectivity index (χ0v) is 11.1. The molecule has 0 spiro atoms. The van der Waals surface area contributed by atoms with E-state index in [0.717, 1.165) is 0 Å². The Morgan fingerprint density at radius 1 is 1.20 bits per heavy atom. The number of ether oxygens (including phenoxy) is 2. The van der Waals surface area contributed by atoms with E-state index in [1.54, 1.807) is 36.4 Å². The summed E-state index contributed by atoms with van der Waals surface area (Å²) < 4.78 is 24.1. The number of nitriles is 1. The first kappa shape index (κ1) is 13.9. The Kier molecular flexibility index (Phi) is 4.56. The van der Waals surface area contributed by atoms with Gasteiger partial charge in [-0.2, -0.15) is 5.26 Å². The summed E-state index contributed by atoms with van der Waals surface area (Å²) >= 11 is 0. The number of hydrogen-bond acceptors (Lipinski definition) is 3. The van der Waals surface area contributed by atoms with Crippen LogP contribution in [0.3, 0.4) is 0 Å². The second-order valence-electron chi connectivity index (χ2n) is 4.16. The summed E-state index contributed by atoms with van der Waals surface area (Å²) in [6, 6.07) is 13.6. The predicted octanol–water partition coefficient (Wildman–Crippen LogP) is 3.33. The molecule has 0 aliphatic heterocycles. The van der Waals surface area contributed by atoms with Gasteiger partial charge in [0, 0.05) is 12.5 Å². The molecule has 0 unspecified atom stereocenters. The SMILES string of the molecule is COc1cc(OCCc2ccccc2F)ccc1C#N. The quantitative estimate of drug-likeness (QED) is 0.837. The van der Waals surface area contributed by atoms with E-state index in [9.17, 15) is 4.39 Å². The molecule has 2 aromatic rings. The molecule has 0 atom stereocenters. The molecule has 20 heavy (non-hydrogen) atoms. The molecule has 0 aliphatic rings. The molecule has 0 bridgehead atoms. The zero-order chi connectivity index (χ0) is 14.4. The van der Waals surface area contributed by atoms with Crippen LogP contribution in [-0.2, 0) is 6.42 Å². The average Bonchev–Trinajstić information content (AvgIpc) is 2.49. The topological polar surface area (TPSA) is 42.2 Å². The van der Waals surface area contributed by atoms with Crippen LogP contribution in [0.15, 0.2) is 42.5 Å². The summed E-state index contributed by atoms with van der Waals surface area (Å²) in [5, 5.41) is 8.88. The van der Waals surface area contributed by atoms with Crippen LogP contribution in [0.1, 0.15) is 11.1 Å². The van der Waals surface area contributed by atoms with Gasteiger partial charge in [0.1, 0.15) is 23.4 Å². The first-order valence-electron chi connectivity index (χ1n) is 6.19. The molecule has 0 fully saturated rings. The molecule has 0 N–H and O–H groups in total. The van der Waals surface area contributed by atoms with Crippen LogP contribution in [-0.4, -0.2) is 13.7 Å². The average molecular weight is 271 g/mol. The van der Waals surface area contributed by atoms with E-state index < -0.39 is 0 Å². The number of halogens is 1. The van der Waals surface area contributed by atoms with E-state index >= 15 is 0 Å². The van der Waals surface area contributed by atoms with Crippen molar-refractivity contribution >= 4 is 0 Å². The third-order valence-corrected chi connectivity index (χ3v) is 2.89. The van der Waals surface area contributed by atoms with Crippen molar-refractivity contribution in [1.29, 1.82) is 5.26 Å². The number of rotatable bonds is 5. The number of methoxy groups -OCH3 is 1. The highest BCUT2D eigenvalue weighted by atomic mass is 19.1. The Balaban J connectivity index is 1.98. The van der Waals surface area contributed by atoms with Gasteiger partial charge in [0.25, 0.3) is 0 Å². The second kappa shape index (κ2) is 6.58. The van der Waals surface area contributed by atoms with Gasteiger partial charge in [-0.15, -0.1) is 0 Å². The fourth-order valence-electron chi connectivity index (χ4n) is 1.83. The molecule has 0 heterocycles. The predicted molar refractivity (Wildman–Crippen MR) is 73.3 cm³/mol. The molecule has 0 amide bonds. The van der Waals surface area contributed by atoms with Gasteiger partial charge in [-0.1, -0.05) is 18.2 Å². The third kappa shape index (κ3) is 3.27. The molecule has 2 rings (SSSR count). The lowest BCUT2D eigenvalue weighted by Crippen LogP contribution is -2.03. The number of benzene rings is 2. The minimum absolute atomic E-state index is 0.228. The summed E-state index contributed by atoms with van der Waals surface area (Å²) in [5.74, 6) is 0.835. The van der Waals surface area contributed by atoms with Crippen molar-refractivity contribution in [1.82, 2.24) is 0 Å². The number of hydrogen-bond donors (Lipinski definition) is 0. The van der Waals surface area contributed by atoms with Crippen molar-refractivity contribution in [3.05, 3.63) is 59.4 Å². The van der Waals surface area contributed by atoms with Crippen LogP contribution in [0.4, 0.5) is 4.39 Å². The Morgan fingerprint density at radius 2 is 2.00 bits per heavy atom. The summed E-state index contributed by atoms with van der Waals surface area (Å²) in [5.41, 5.74) is 1.07. The normalized spacial score (nSPS) is 9.85. The monoisotopic (exact) mass is 271 g/mol. The second-order valence-corrected chi connectivity index (χ2v) is 4.16. The summed E-state index contributed by atoms with van der Waals surface area (Å²) in [6.07, 6.45) is 0.481. The van der Waals surface area contributed by atoms with Crippen molar-refractivity contribution in [2.45, 2.75) is 6.42 Å². The van der Waals surface area contributed by atoms with E-state index in [0.29, 0.717) is 35.7 Å². The van der Waals surface area contributed by atoms with Crippen molar-refractivity contribution in [3.8, 4) is 17.6 Å². The van der Waals surface area contributed by atoms with Gasteiger partial charge < -0.3 is 9.47 Å². The summed E-state index contributed by atoms with van der Waals surface area (Å²) in [4.78, 5) is 0. The van der Waals surface area contributed by atoms with Crippen LogP contribution >= 0.6 is 0 Å². The molecular formula is C16H14FNO2. The molecule has 3 nitrogen and oxygen atoms in total. The van der Waals surface area contributed by atoms with Gasteiger partial charge in [-0.05, 0) is 23.8 Å². The minimum Gasteiger partial charge on any atom is -0.495 e. The molecule has 4 heteroatoms. The lowest BCUT2D eigenvalue weighted by atomic mass is 10.1. The lowest BCUT2D eigenvalue weighted by Gasteiger charge is -2.09. The molecule has 2 aromatic carbocycles. The Bertz CT molecular complexity index is 635. The zero-order valence-electron chi connectivity index (χ0n) is 11.1. The number of nitrogens with zero attached hydrogens (tertiary/aromatic N) is 1. The van der Waals surface area contributed by atoms with E-state index in [4.69, 9.17) is 14.7 Å². The molecule has 0 radical (unpaired) electrons. The standard InChI is InChI=1S/C16H14FNO2/c1-19-16-10-14(7-6-13(16)11-18)20-9-8-12-4-2-3-5-15(12)17/h2-7,10H,8-9H2,1H3. The van der Waals surface area contributed by atoms with Gasteiger partial charge >= 0.3 is 0 Å². The Hall–Kier alpha value is -2.54. The minimum atomic E-state index is -0.228. The van der Waals surface area contributed by atoms with E-state index in [2.05, 4.69) is 0 Å².